The summed E-state index contributed by atoms with van der Waals surface area (Å²) >= 11 is 0. The zero-order valence-corrected chi connectivity index (χ0v) is 12.4. The van der Waals surface area contributed by atoms with E-state index in [1.165, 1.54) is 11.1 Å². The molecule has 2 rings (SSSR count). The van der Waals surface area contributed by atoms with Crippen molar-refractivity contribution in [1.82, 2.24) is 10.2 Å². The minimum atomic E-state index is 0.00497. The number of nitrogens with zero attached hydrogens (tertiary/aromatic N) is 2. The summed E-state index contributed by atoms with van der Waals surface area (Å²) in [6.07, 6.45) is 0.950. The first-order valence-electron chi connectivity index (χ1n) is 7.25. The first-order chi connectivity index (χ1) is 9.70. The van der Waals surface area contributed by atoms with E-state index >= 15 is 0 Å². The van der Waals surface area contributed by atoms with Crippen LogP contribution in [0.5, 0.6) is 5.75 Å². The van der Waals surface area contributed by atoms with E-state index in [2.05, 4.69) is 42.3 Å². The number of aryl methyl sites for hydroxylation is 2. The highest BCUT2D eigenvalue weighted by Crippen LogP contribution is 2.16. The Morgan fingerprint density at radius 1 is 1.40 bits per heavy atom. The molecular formula is C16H23N3O. The van der Waals surface area contributed by atoms with Crippen LogP contribution in [0.1, 0.15) is 17.5 Å². The lowest BCUT2D eigenvalue weighted by Gasteiger charge is -2.31. The van der Waals surface area contributed by atoms with E-state index in [-0.39, 0.29) is 6.04 Å². The molecule has 4 heteroatoms. The van der Waals surface area contributed by atoms with Crippen LogP contribution in [0.4, 0.5) is 0 Å². The number of nitriles is 1. The van der Waals surface area contributed by atoms with Gasteiger partial charge in [0.25, 0.3) is 0 Å². The lowest BCUT2D eigenvalue weighted by molar-refractivity contribution is 0.180. The van der Waals surface area contributed by atoms with E-state index in [4.69, 9.17) is 10.00 Å². The molecule has 0 bridgehead atoms. The largest absolute Gasteiger partial charge is 0.494 e. The fourth-order valence-corrected chi connectivity index (χ4v) is 2.40. The predicted molar refractivity (Wildman–Crippen MR) is 79.9 cm³/mol. The Hall–Kier alpha value is -1.57. The molecule has 0 aromatic heterocycles. The molecule has 1 aliphatic rings. The Morgan fingerprint density at radius 2 is 2.25 bits per heavy atom. The molecule has 1 fully saturated rings. The molecule has 4 nitrogen and oxygen atoms in total. The Bertz CT molecular complexity index is 481. The lowest BCUT2D eigenvalue weighted by Crippen LogP contribution is -2.50. The van der Waals surface area contributed by atoms with Crippen LogP contribution in [0.3, 0.4) is 0 Å². The molecule has 1 atom stereocenters. The summed E-state index contributed by atoms with van der Waals surface area (Å²) in [5.74, 6) is 0.935. The monoisotopic (exact) mass is 273 g/mol. The van der Waals surface area contributed by atoms with Gasteiger partial charge in [0.1, 0.15) is 11.8 Å². The molecule has 1 unspecified atom stereocenters. The predicted octanol–water partition coefficient (Wildman–Crippen LogP) is 1.87. The zero-order chi connectivity index (χ0) is 14.4. The summed E-state index contributed by atoms with van der Waals surface area (Å²) in [6.45, 7) is 8.51. The Labute approximate surface area is 121 Å². The third-order valence-electron chi connectivity index (χ3n) is 3.84. The molecular weight excluding hydrogens is 250 g/mol. The number of ether oxygens (including phenoxy) is 1. The summed E-state index contributed by atoms with van der Waals surface area (Å²) < 4.78 is 5.78. The highest BCUT2D eigenvalue weighted by atomic mass is 16.5. The van der Waals surface area contributed by atoms with Gasteiger partial charge in [-0.05, 0) is 43.5 Å². The van der Waals surface area contributed by atoms with Crippen LogP contribution in [-0.2, 0) is 0 Å². The number of hydrogen-bond acceptors (Lipinski definition) is 4. The Morgan fingerprint density at radius 3 is 3.00 bits per heavy atom. The summed E-state index contributed by atoms with van der Waals surface area (Å²) in [4.78, 5) is 2.24. The number of benzene rings is 1. The molecule has 1 aliphatic heterocycles. The zero-order valence-electron chi connectivity index (χ0n) is 12.4. The van der Waals surface area contributed by atoms with Gasteiger partial charge in [-0.2, -0.15) is 5.26 Å². The van der Waals surface area contributed by atoms with Gasteiger partial charge < -0.3 is 10.1 Å². The van der Waals surface area contributed by atoms with Gasteiger partial charge in [0, 0.05) is 26.2 Å². The maximum absolute atomic E-state index is 9.09. The van der Waals surface area contributed by atoms with Gasteiger partial charge in [0.2, 0.25) is 0 Å². The van der Waals surface area contributed by atoms with Crippen molar-refractivity contribution in [3.05, 3.63) is 29.3 Å². The number of nitrogens with one attached hydrogen (secondary N) is 1. The summed E-state index contributed by atoms with van der Waals surface area (Å²) in [6, 6.07) is 8.54. The second kappa shape index (κ2) is 7.28. The minimum Gasteiger partial charge on any atom is -0.494 e. The van der Waals surface area contributed by atoms with E-state index in [9.17, 15) is 0 Å². The fourth-order valence-electron chi connectivity index (χ4n) is 2.40. The smallest absolute Gasteiger partial charge is 0.119 e. The fraction of sp³-hybridized carbons (Fsp3) is 0.562. The van der Waals surface area contributed by atoms with Crippen LogP contribution in [0, 0.1) is 25.2 Å². The van der Waals surface area contributed by atoms with Crippen molar-refractivity contribution >= 4 is 0 Å². The van der Waals surface area contributed by atoms with Crippen molar-refractivity contribution in [1.29, 1.82) is 5.26 Å². The highest BCUT2D eigenvalue weighted by Gasteiger charge is 2.20. The number of hydrogen-bond donors (Lipinski definition) is 1. The molecule has 1 aromatic rings. The molecule has 1 aromatic carbocycles. The van der Waals surface area contributed by atoms with E-state index in [0.29, 0.717) is 6.61 Å². The van der Waals surface area contributed by atoms with E-state index < -0.39 is 0 Å². The summed E-state index contributed by atoms with van der Waals surface area (Å²) in [7, 11) is 0. The van der Waals surface area contributed by atoms with Crippen LogP contribution in [0.25, 0.3) is 0 Å². The van der Waals surface area contributed by atoms with Crippen molar-refractivity contribution < 1.29 is 4.74 Å². The highest BCUT2D eigenvalue weighted by molar-refractivity contribution is 5.33. The Balaban J connectivity index is 1.73. The van der Waals surface area contributed by atoms with E-state index in [1.54, 1.807) is 0 Å². The summed E-state index contributed by atoms with van der Waals surface area (Å²) in [5, 5.41) is 12.3. The molecule has 108 valence electrons. The molecule has 1 saturated heterocycles. The second-order valence-electron chi connectivity index (χ2n) is 5.33. The van der Waals surface area contributed by atoms with Crippen LogP contribution in [-0.4, -0.2) is 43.7 Å². The van der Waals surface area contributed by atoms with Gasteiger partial charge in [-0.25, -0.2) is 0 Å². The molecule has 0 spiro atoms. The molecule has 0 saturated carbocycles. The maximum atomic E-state index is 9.09. The number of rotatable bonds is 5. The van der Waals surface area contributed by atoms with Gasteiger partial charge >= 0.3 is 0 Å². The van der Waals surface area contributed by atoms with Crippen molar-refractivity contribution in [3.8, 4) is 11.8 Å². The van der Waals surface area contributed by atoms with E-state index in [1.807, 2.05) is 6.07 Å². The van der Waals surface area contributed by atoms with Gasteiger partial charge in [-0.1, -0.05) is 6.07 Å². The maximum Gasteiger partial charge on any atom is 0.119 e. The van der Waals surface area contributed by atoms with Crippen molar-refractivity contribution in [2.45, 2.75) is 26.3 Å². The normalized spacial score (nSPS) is 19.6. The first kappa shape index (κ1) is 14.8. The average Bonchev–Trinajstić information content (AvgIpc) is 2.47. The molecule has 0 radical (unpaired) electrons. The van der Waals surface area contributed by atoms with E-state index in [0.717, 1.165) is 38.3 Å². The SMILES string of the molecule is Cc1ccc(OCCCN2CCNCC2C#N)cc1C. The molecule has 0 amide bonds. The molecule has 0 aliphatic carbocycles. The van der Waals surface area contributed by atoms with Crippen LogP contribution in [0.2, 0.25) is 0 Å². The summed E-state index contributed by atoms with van der Waals surface area (Å²) in [5.41, 5.74) is 2.55. The average molecular weight is 273 g/mol. The van der Waals surface area contributed by atoms with Crippen LogP contribution in [0.15, 0.2) is 18.2 Å². The van der Waals surface area contributed by atoms with Crippen LogP contribution >= 0.6 is 0 Å². The second-order valence-corrected chi connectivity index (χ2v) is 5.33. The topological polar surface area (TPSA) is 48.3 Å². The van der Waals surface area contributed by atoms with Crippen molar-refractivity contribution in [3.63, 3.8) is 0 Å². The quantitative estimate of drug-likeness (QED) is 0.832. The van der Waals surface area contributed by atoms with Crippen molar-refractivity contribution in [2.24, 2.45) is 0 Å². The van der Waals surface area contributed by atoms with Gasteiger partial charge in [0.05, 0.1) is 12.7 Å². The lowest BCUT2D eigenvalue weighted by atomic mass is 10.1. The van der Waals surface area contributed by atoms with Crippen LogP contribution < -0.4 is 10.1 Å². The van der Waals surface area contributed by atoms with Crippen molar-refractivity contribution in [2.75, 3.05) is 32.8 Å². The molecule has 1 heterocycles. The third kappa shape index (κ3) is 3.96. The number of piperazine rings is 1. The molecule has 1 N–H and O–H groups in total. The molecule has 20 heavy (non-hydrogen) atoms. The third-order valence-corrected chi connectivity index (χ3v) is 3.84. The Kier molecular flexibility index (Phi) is 5.40. The van der Waals surface area contributed by atoms with Gasteiger partial charge in [-0.3, -0.25) is 4.90 Å². The van der Waals surface area contributed by atoms with Gasteiger partial charge in [-0.15, -0.1) is 0 Å². The standard InChI is InChI=1S/C16H23N3O/c1-13-4-5-16(10-14(13)2)20-9-3-7-19-8-6-18-12-15(19)11-17/h4-5,10,15,18H,3,6-9,12H2,1-2H3. The minimum absolute atomic E-state index is 0.00497. The first-order valence-corrected chi connectivity index (χ1v) is 7.25. The van der Waals surface area contributed by atoms with Gasteiger partial charge in [0.15, 0.2) is 0 Å².